The summed E-state index contributed by atoms with van der Waals surface area (Å²) < 4.78 is 21.8. The third-order valence-corrected chi connectivity index (χ3v) is 4.90. The maximum atomic E-state index is 10.9. The van der Waals surface area contributed by atoms with Gasteiger partial charge in [-0.05, 0) is 0 Å². The van der Waals surface area contributed by atoms with Crippen LogP contribution in [0.15, 0.2) is 0 Å². The minimum atomic E-state index is -2.87. The van der Waals surface area contributed by atoms with Gasteiger partial charge in [0.15, 0.2) is 0 Å². The van der Waals surface area contributed by atoms with Gasteiger partial charge >= 0.3 is 0 Å². The largest absolute Gasteiger partial charge is 0.391 e. The third-order valence-electron chi connectivity index (χ3n) is 2.59. The van der Waals surface area contributed by atoms with Crippen LogP contribution in [0.5, 0.6) is 0 Å². The van der Waals surface area contributed by atoms with E-state index in [4.69, 9.17) is 0 Å². The van der Waals surface area contributed by atoms with Gasteiger partial charge in [-0.2, -0.15) is 11.8 Å². The first kappa shape index (κ1) is 15.2. The molecule has 0 radical (unpaired) electrons. The van der Waals surface area contributed by atoms with Crippen LogP contribution in [0.4, 0.5) is 0 Å². The van der Waals surface area contributed by atoms with E-state index < -0.39 is 9.84 Å². The van der Waals surface area contributed by atoms with E-state index in [1.165, 1.54) is 18.0 Å². The summed E-state index contributed by atoms with van der Waals surface area (Å²) >= 11 is 1.51. The van der Waals surface area contributed by atoms with Crippen LogP contribution in [0.2, 0.25) is 0 Å². The Labute approximate surface area is 108 Å². The molecule has 0 aromatic heterocycles. The summed E-state index contributed by atoms with van der Waals surface area (Å²) in [6.07, 6.45) is 0.878. The summed E-state index contributed by atoms with van der Waals surface area (Å²) in [5.41, 5.74) is 0. The highest BCUT2D eigenvalue weighted by atomic mass is 32.2. The Morgan fingerprint density at radius 2 is 2.06 bits per heavy atom. The third kappa shape index (κ3) is 7.99. The van der Waals surface area contributed by atoms with Gasteiger partial charge in [0, 0.05) is 50.5 Å². The molecule has 102 valence electrons. The van der Waals surface area contributed by atoms with Crippen molar-refractivity contribution in [3.05, 3.63) is 0 Å². The van der Waals surface area contributed by atoms with Gasteiger partial charge in [-0.1, -0.05) is 0 Å². The molecule has 1 atom stereocenters. The Morgan fingerprint density at radius 3 is 2.65 bits per heavy atom. The minimum Gasteiger partial charge on any atom is -0.391 e. The molecule has 1 aliphatic rings. The summed E-state index contributed by atoms with van der Waals surface area (Å²) in [5, 5.41) is 13.1. The molecule has 1 rings (SSSR count). The predicted octanol–water partition coefficient (Wildman–Crippen LogP) is -0.970. The number of aliphatic hydroxyl groups is 1. The fourth-order valence-electron chi connectivity index (χ4n) is 1.67. The number of nitrogens with one attached hydrogen (secondary N) is 1. The molecule has 0 aliphatic carbocycles. The molecule has 1 fully saturated rings. The van der Waals surface area contributed by atoms with E-state index in [0.29, 0.717) is 18.1 Å². The van der Waals surface area contributed by atoms with Crippen LogP contribution in [0.1, 0.15) is 0 Å². The normalized spacial score (nSPS) is 20.4. The van der Waals surface area contributed by atoms with E-state index in [1.807, 2.05) is 0 Å². The summed E-state index contributed by atoms with van der Waals surface area (Å²) in [5.74, 6) is 1.37. The zero-order valence-corrected chi connectivity index (χ0v) is 11.9. The number of β-amino-alcohol motifs (C(OH)–C–C–N with tert-alkyl or cyclic N) is 1. The van der Waals surface area contributed by atoms with Crippen LogP contribution in [-0.4, -0.2) is 80.8 Å². The molecule has 0 spiro atoms. The SMILES string of the molecule is CS(=O)(=O)CCSCC(O)CN1CCNCC1. The number of rotatable bonds is 7. The van der Waals surface area contributed by atoms with Crippen LogP contribution in [0.3, 0.4) is 0 Å². The predicted molar refractivity (Wildman–Crippen MR) is 72.4 cm³/mol. The lowest BCUT2D eigenvalue weighted by Gasteiger charge is -2.28. The lowest BCUT2D eigenvalue weighted by molar-refractivity contribution is 0.121. The van der Waals surface area contributed by atoms with E-state index in [2.05, 4.69) is 10.2 Å². The second-order valence-electron chi connectivity index (χ2n) is 4.41. The number of piperazine rings is 1. The van der Waals surface area contributed by atoms with Crippen LogP contribution < -0.4 is 5.32 Å². The quantitative estimate of drug-likeness (QED) is 0.586. The van der Waals surface area contributed by atoms with Crippen molar-refractivity contribution >= 4 is 21.6 Å². The van der Waals surface area contributed by atoms with Crippen molar-refractivity contribution < 1.29 is 13.5 Å². The van der Waals surface area contributed by atoms with Crippen LogP contribution in [0, 0.1) is 0 Å². The Morgan fingerprint density at radius 1 is 1.41 bits per heavy atom. The molecule has 0 bridgehead atoms. The topological polar surface area (TPSA) is 69.6 Å². The van der Waals surface area contributed by atoms with E-state index >= 15 is 0 Å². The fraction of sp³-hybridized carbons (Fsp3) is 1.00. The van der Waals surface area contributed by atoms with Crippen LogP contribution >= 0.6 is 11.8 Å². The van der Waals surface area contributed by atoms with E-state index in [0.717, 1.165) is 26.2 Å². The lowest BCUT2D eigenvalue weighted by atomic mass is 10.3. The maximum absolute atomic E-state index is 10.9. The summed E-state index contributed by atoms with van der Waals surface area (Å²) in [7, 11) is -2.87. The summed E-state index contributed by atoms with van der Waals surface area (Å²) in [6.45, 7) is 4.60. The van der Waals surface area contributed by atoms with Gasteiger partial charge in [-0.25, -0.2) is 8.42 Å². The Bertz CT molecular complexity index is 303. The van der Waals surface area contributed by atoms with Gasteiger partial charge in [-0.15, -0.1) is 0 Å². The van der Waals surface area contributed by atoms with Crippen molar-refractivity contribution in [2.45, 2.75) is 6.10 Å². The smallest absolute Gasteiger partial charge is 0.148 e. The molecule has 1 aliphatic heterocycles. The molecule has 17 heavy (non-hydrogen) atoms. The molecule has 0 aromatic rings. The fourth-order valence-corrected chi connectivity index (χ4v) is 3.90. The van der Waals surface area contributed by atoms with Crippen molar-refractivity contribution in [3.63, 3.8) is 0 Å². The molecule has 1 unspecified atom stereocenters. The number of sulfone groups is 1. The monoisotopic (exact) mass is 282 g/mol. The first-order chi connectivity index (χ1) is 7.97. The molecule has 5 nitrogen and oxygen atoms in total. The number of aliphatic hydroxyl groups excluding tert-OH is 1. The molecule has 0 amide bonds. The highest BCUT2D eigenvalue weighted by molar-refractivity contribution is 8.00. The van der Waals surface area contributed by atoms with E-state index in [9.17, 15) is 13.5 Å². The maximum Gasteiger partial charge on any atom is 0.148 e. The number of thioether (sulfide) groups is 1. The summed E-state index contributed by atoms with van der Waals surface area (Å²) in [4.78, 5) is 2.23. The highest BCUT2D eigenvalue weighted by Crippen LogP contribution is 2.06. The van der Waals surface area contributed by atoms with E-state index in [1.54, 1.807) is 0 Å². The number of hydrogen-bond acceptors (Lipinski definition) is 6. The van der Waals surface area contributed by atoms with Crippen molar-refractivity contribution in [1.29, 1.82) is 0 Å². The molecule has 2 N–H and O–H groups in total. The Kier molecular flexibility index (Phi) is 6.79. The zero-order valence-electron chi connectivity index (χ0n) is 10.3. The van der Waals surface area contributed by atoms with Gasteiger partial charge in [0.25, 0.3) is 0 Å². The molecule has 7 heteroatoms. The van der Waals surface area contributed by atoms with Gasteiger partial charge in [-0.3, -0.25) is 4.90 Å². The Balaban J connectivity index is 2.06. The van der Waals surface area contributed by atoms with Gasteiger partial charge < -0.3 is 10.4 Å². The second-order valence-corrected chi connectivity index (χ2v) is 7.82. The second kappa shape index (κ2) is 7.58. The molecule has 0 saturated carbocycles. The average Bonchev–Trinajstić information content (AvgIpc) is 2.25. The van der Waals surface area contributed by atoms with Gasteiger partial charge in [0.05, 0.1) is 11.9 Å². The molecular weight excluding hydrogens is 260 g/mol. The number of hydrogen-bond donors (Lipinski definition) is 2. The summed E-state index contributed by atoms with van der Waals surface area (Å²) in [6, 6.07) is 0. The Hall–Kier alpha value is 0.180. The van der Waals surface area contributed by atoms with Crippen molar-refractivity contribution in [1.82, 2.24) is 10.2 Å². The highest BCUT2D eigenvalue weighted by Gasteiger charge is 2.14. The molecular formula is C10H22N2O3S2. The molecule has 0 aromatic carbocycles. The zero-order chi connectivity index (χ0) is 12.7. The standard InChI is InChI=1S/C10H22N2O3S2/c1-17(14,15)7-6-16-9-10(13)8-12-4-2-11-3-5-12/h10-11,13H,2-9H2,1H3. The first-order valence-electron chi connectivity index (χ1n) is 5.84. The lowest BCUT2D eigenvalue weighted by Crippen LogP contribution is -2.46. The van der Waals surface area contributed by atoms with Gasteiger partial charge in [0.2, 0.25) is 0 Å². The van der Waals surface area contributed by atoms with Crippen molar-refractivity contribution in [2.24, 2.45) is 0 Å². The van der Waals surface area contributed by atoms with Crippen molar-refractivity contribution in [3.8, 4) is 0 Å². The molecule has 1 saturated heterocycles. The number of nitrogens with zero attached hydrogens (tertiary/aromatic N) is 1. The first-order valence-corrected chi connectivity index (χ1v) is 9.05. The van der Waals surface area contributed by atoms with Gasteiger partial charge in [0.1, 0.15) is 9.84 Å². The van der Waals surface area contributed by atoms with Crippen LogP contribution in [0.25, 0.3) is 0 Å². The van der Waals surface area contributed by atoms with Crippen LogP contribution in [-0.2, 0) is 9.84 Å². The average molecular weight is 282 g/mol. The van der Waals surface area contributed by atoms with E-state index in [-0.39, 0.29) is 11.9 Å². The van der Waals surface area contributed by atoms with Crippen molar-refractivity contribution in [2.75, 3.05) is 56.2 Å². The molecule has 1 heterocycles. The minimum absolute atomic E-state index is 0.192.